The van der Waals surface area contributed by atoms with Gasteiger partial charge in [0.25, 0.3) is 11.8 Å². The van der Waals surface area contributed by atoms with Crippen molar-refractivity contribution in [1.29, 1.82) is 0 Å². The van der Waals surface area contributed by atoms with E-state index in [1.165, 1.54) is 0 Å². The number of morpholine rings is 1. The molecule has 0 atom stereocenters. The molecule has 1 saturated heterocycles. The Balaban J connectivity index is 1.60. The SMILES string of the molecule is Cc1ccc(C(=O)NC(=Cc2cccc(Oc3ccccc3)c2)C(=O)N2CCOCC2)cc1. The van der Waals surface area contributed by atoms with Gasteiger partial charge in [-0.15, -0.1) is 0 Å². The van der Waals surface area contributed by atoms with E-state index in [9.17, 15) is 9.59 Å². The summed E-state index contributed by atoms with van der Waals surface area (Å²) in [7, 11) is 0. The molecule has 1 N–H and O–H groups in total. The van der Waals surface area contributed by atoms with Crippen LogP contribution in [0.25, 0.3) is 6.08 Å². The number of carbonyl (C=O) groups is 2. The minimum Gasteiger partial charge on any atom is -0.457 e. The molecule has 6 nitrogen and oxygen atoms in total. The highest BCUT2D eigenvalue weighted by molar-refractivity contribution is 6.05. The van der Waals surface area contributed by atoms with Gasteiger partial charge in [-0.1, -0.05) is 48.0 Å². The second-order valence-electron chi connectivity index (χ2n) is 7.77. The topological polar surface area (TPSA) is 67.9 Å². The number of aryl methyl sites for hydroxylation is 1. The van der Waals surface area contributed by atoms with Crippen molar-refractivity contribution in [2.75, 3.05) is 26.3 Å². The fourth-order valence-electron chi connectivity index (χ4n) is 3.45. The molecule has 6 heteroatoms. The number of ether oxygens (including phenoxy) is 2. The fraction of sp³-hybridized carbons (Fsp3) is 0.185. The van der Waals surface area contributed by atoms with Gasteiger partial charge in [-0.05, 0) is 55.0 Å². The summed E-state index contributed by atoms with van der Waals surface area (Å²) in [5, 5.41) is 2.82. The Bertz CT molecular complexity index is 1130. The van der Waals surface area contributed by atoms with E-state index >= 15 is 0 Å². The minimum absolute atomic E-state index is 0.208. The summed E-state index contributed by atoms with van der Waals surface area (Å²) in [5.41, 5.74) is 2.49. The van der Waals surface area contributed by atoms with E-state index in [-0.39, 0.29) is 17.5 Å². The predicted molar refractivity (Wildman–Crippen MR) is 127 cm³/mol. The third-order valence-corrected chi connectivity index (χ3v) is 5.24. The van der Waals surface area contributed by atoms with Gasteiger partial charge < -0.3 is 19.7 Å². The van der Waals surface area contributed by atoms with Crippen LogP contribution in [0, 0.1) is 6.92 Å². The van der Waals surface area contributed by atoms with Gasteiger partial charge in [0.2, 0.25) is 0 Å². The van der Waals surface area contributed by atoms with Crippen LogP contribution in [0.15, 0.2) is 84.6 Å². The van der Waals surface area contributed by atoms with Crippen LogP contribution in [0.1, 0.15) is 21.5 Å². The molecule has 1 aliphatic rings. The summed E-state index contributed by atoms with van der Waals surface area (Å²) in [6.45, 7) is 3.87. The van der Waals surface area contributed by atoms with E-state index in [1.54, 1.807) is 23.1 Å². The van der Waals surface area contributed by atoms with Gasteiger partial charge in [0, 0.05) is 18.7 Å². The molecule has 168 valence electrons. The van der Waals surface area contributed by atoms with Gasteiger partial charge in [-0.2, -0.15) is 0 Å². The molecule has 4 rings (SSSR count). The van der Waals surface area contributed by atoms with Crippen LogP contribution < -0.4 is 10.1 Å². The molecule has 1 fully saturated rings. The molecule has 0 radical (unpaired) electrons. The maximum Gasteiger partial charge on any atom is 0.270 e. The van der Waals surface area contributed by atoms with Crippen LogP contribution in [0.4, 0.5) is 0 Å². The van der Waals surface area contributed by atoms with Gasteiger partial charge in [-0.3, -0.25) is 9.59 Å². The third kappa shape index (κ3) is 6.08. The number of para-hydroxylation sites is 1. The Labute approximate surface area is 193 Å². The van der Waals surface area contributed by atoms with E-state index < -0.39 is 0 Å². The standard InChI is InChI=1S/C27H26N2O4/c1-20-10-12-22(13-11-20)26(30)28-25(27(31)29-14-16-32-17-15-29)19-21-6-5-9-24(18-21)33-23-7-3-2-4-8-23/h2-13,18-19H,14-17H2,1H3,(H,28,30). The zero-order chi connectivity index (χ0) is 23.0. The molecule has 0 bridgehead atoms. The van der Waals surface area contributed by atoms with Gasteiger partial charge in [0.05, 0.1) is 13.2 Å². The molecule has 2 amide bonds. The smallest absolute Gasteiger partial charge is 0.270 e. The number of carbonyl (C=O) groups excluding carboxylic acids is 2. The fourth-order valence-corrected chi connectivity index (χ4v) is 3.45. The van der Waals surface area contributed by atoms with Crippen molar-refractivity contribution in [3.63, 3.8) is 0 Å². The number of benzene rings is 3. The van der Waals surface area contributed by atoms with Crippen molar-refractivity contribution < 1.29 is 19.1 Å². The van der Waals surface area contributed by atoms with Gasteiger partial charge in [0.15, 0.2) is 0 Å². The minimum atomic E-state index is -0.334. The first-order chi connectivity index (χ1) is 16.1. The maximum atomic E-state index is 13.3. The van der Waals surface area contributed by atoms with Gasteiger partial charge >= 0.3 is 0 Å². The predicted octanol–water partition coefficient (Wildman–Crippen LogP) is 4.42. The van der Waals surface area contributed by atoms with Gasteiger partial charge in [0.1, 0.15) is 17.2 Å². The van der Waals surface area contributed by atoms with Crippen molar-refractivity contribution in [3.05, 3.63) is 101 Å². The van der Waals surface area contributed by atoms with Crippen LogP contribution in [-0.4, -0.2) is 43.0 Å². The molecule has 3 aromatic rings. The lowest BCUT2D eigenvalue weighted by Gasteiger charge is -2.28. The molecule has 0 aliphatic carbocycles. The third-order valence-electron chi connectivity index (χ3n) is 5.24. The van der Waals surface area contributed by atoms with Gasteiger partial charge in [-0.25, -0.2) is 0 Å². The Morgan fingerprint density at radius 3 is 2.33 bits per heavy atom. The Morgan fingerprint density at radius 1 is 0.909 bits per heavy atom. The number of hydrogen-bond acceptors (Lipinski definition) is 4. The second-order valence-corrected chi connectivity index (χ2v) is 7.77. The average molecular weight is 443 g/mol. The van der Waals surface area contributed by atoms with Crippen LogP contribution in [-0.2, 0) is 9.53 Å². The summed E-state index contributed by atoms with van der Waals surface area (Å²) in [6, 6.07) is 24.1. The zero-order valence-electron chi connectivity index (χ0n) is 18.5. The van der Waals surface area contributed by atoms with Crippen LogP contribution in [0.5, 0.6) is 11.5 Å². The molecule has 33 heavy (non-hydrogen) atoms. The van der Waals surface area contributed by atoms with Crippen molar-refractivity contribution >= 4 is 17.9 Å². The summed E-state index contributed by atoms with van der Waals surface area (Å²) >= 11 is 0. The second kappa shape index (κ2) is 10.6. The highest BCUT2D eigenvalue weighted by Gasteiger charge is 2.22. The van der Waals surface area contributed by atoms with Crippen molar-refractivity contribution in [2.45, 2.75) is 6.92 Å². The first-order valence-electron chi connectivity index (χ1n) is 10.9. The lowest BCUT2D eigenvalue weighted by atomic mass is 10.1. The maximum absolute atomic E-state index is 13.3. The number of nitrogens with zero attached hydrogens (tertiary/aromatic N) is 1. The zero-order valence-corrected chi connectivity index (χ0v) is 18.5. The van der Waals surface area contributed by atoms with Crippen molar-refractivity contribution in [1.82, 2.24) is 10.2 Å². The summed E-state index contributed by atoms with van der Waals surface area (Å²) in [5.74, 6) is 0.779. The molecule has 0 unspecified atom stereocenters. The van der Waals surface area contributed by atoms with Crippen LogP contribution in [0.3, 0.4) is 0 Å². The lowest BCUT2D eigenvalue weighted by molar-refractivity contribution is -0.131. The first-order valence-corrected chi connectivity index (χ1v) is 10.9. The molecule has 0 aromatic heterocycles. The molecule has 0 saturated carbocycles. The largest absolute Gasteiger partial charge is 0.457 e. The summed E-state index contributed by atoms with van der Waals surface area (Å²) < 4.78 is 11.3. The Morgan fingerprint density at radius 2 is 1.61 bits per heavy atom. The highest BCUT2D eigenvalue weighted by atomic mass is 16.5. The van der Waals surface area contributed by atoms with Crippen molar-refractivity contribution in [2.24, 2.45) is 0 Å². The lowest BCUT2D eigenvalue weighted by Crippen LogP contribution is -2.44. The van der Waals surface area contributed by atoms with E-state index in [1.807, 2.05) is 73.7 Å². The monoisotopic (exact) mass is 442 g/mol. The van der Waals surface area contributed by atoms with E-state index in [0.717, 1.165) is 16.9 Å². The molecular weight excluding hydrogens is 416 g/mol. The molecule has 3 aromatic carbocycles. The summed E-state index contributed by atoms with van der Waals surface area (Å²) in [6.07, 6.45) is 1.68. The Hall–Kier alpha value is -3.90. The van der Waals surface area contributed by atoms with E-state index in [0.29, 0.717) is 37.6 Å². The van der Waals surface area contributed by atoms with E-state index in [2.05, 4.69) is 5.32 Å². The Kier molecular flexibility index (Phi) is 7.17. The normalized spacial score (nSPS) is 14.0. The molecular formula is C27H26N2O4. The first kappa shape index (κ1) is 22.3. The molecule has 1 aliphatic heterocycles. The number of amides is 2. The van der Waals surface area contributed by atoms with E-state index in [4.69, 9.17) is 9.47 Å². The quantitative estimate of drug-likeness (QED) is 0.574. The molecule has 0 spiro atoms. The van der Waals surface area contributed by atoms with Crippen molar-refractivity contribution in [3.8, 4) is 11.5 Å². The number of rotatable bonds is 6. The molecule has 1 heterocycles. The van der Waals surface area contributed by atoms with Crippen LogP contribution in [0.2, 0.25) is 0 Å². The van der Waals surface area contributed by atoms with Crippen LogP contribution >= 0.6 is 0 Å². The number of hydrogen-bond donors (Lipinski definition) is 1. The highest BCUT2D eigenvalue weighted by Crippen LogP contribution is 2.23. The number of nitrogens with one attached hydrogen (secondary N) is 1. The average Bonchev–Trinajstić information content (AvgIpc) is 2.85. The summed E-state index contributed by atoms with van der Waals surface area (Å²) in [4.78, 5) is 27.8.